The van der Waals surface area contributed by atoms with Crippen molar-refractivity contribution in [1.29, 1.82) is 0 Å². The largest absolute Gasteiger partial charge is 0.335 e. The van der Waals surface area contributed by atoms with Crippen LogP contribution in [0.3, 0.4) is 0 Å². The summed E-state index contributed by atoms with van der Waals surface area (Å²) in [6.07, 6.45) is 2.08. The summed E-state index contributed by atoms with van der Waals surface area (Å²) in [6, 6.07) is 0.378. The maximum absolute atomic E-state index is 11.2. The third-order valence-corrected chi connectivity index (χ3v) is 2.07. The van der Waals surface area contributed by atoms with Gasteiger partial charge >= 0.3 is 6.03 Å². The second-order valence-corrected chi connectivity index (χ2v) is 3.37. The van der Waals surface area contributed by atoms with E-state index in [1.165, 1.54) is 0 Å². The minimum Gasteiger partial charge on any atom is -0.335 e. The van der Waals surface area contributed by atoms with Gasteiger partial charge in [0.2, 0.25) is 0 Å². The molecule has 6 heteroatoms. The van der Waals surface area contributed by atoms with Crippen LogP contribution in [0.25, 0.3) is 0 Å². The van der Waals surface area contributed by atoms with E-state index >= 15 is 0 Å². The third kappa shape index (κ3) is 5.52. The summed E-state index contributed by atoms with van der Waals surface area (Å²) in [6.45, 7) is 2.02. The van der Waals surface area contributed by atoms with Crippen molar-refractivity contribution in [1.82, 2.24) is 15.5 Å². The fourth-order valence-electron chi connectivity index (χ4n) is 1.27. The summed E-state index contributed by atoms with van der Waals surface area (Å²) in [4.78, 5) is 12.8. The van der Waals surface area contributed by atoms with Crippen LogP contribution >= 0.6 is 24.8 Å². The van der Waals surface area contributed by atoms with Crippen LogP contribution in [-0.4, -0.2) is 44.2 Å². The molecule has 1 saturated heterocycles. The first-order valence-corrected chi connectivity index (χ1v) is 4.38. The lowest BCUT2D eigenvalue weighted by atomic mass is 10.1. The Morgan fingerprint density at radius 1 is 1.29 bits per heavy atom. The Bertz CT molecular complexity index is 161. The molecule has 4 nitrogen and oxygen atoms in total. The molecule has 2 amide bonds. The molecule has 0 aromatic carbocycles. The van der Waals surface area contributed by atoms with Gasteiger partial charge in [-0.15, -0.1) is 24.8 Å². The zero-order valence-corrected chi connectivity index (χ0v) is 10.2. The number of nitrogens with one attached hydrogen (secondary N) is 2. The molecule has 0 saturated carbocycles. The molecule has 0 aromatic heterocycles. The minimum absolute atomic E-state index is 0. The predicted octanol–water partition coefficient (Wildman–Crippen LogP) is 0.853. The second-order valence-electron chi connectivity index (χ2n) is 3.37. The van der Waals surface area contributed by atoms with Crippen molar-refractivity contribution in [2.75, 3.05) is 27.2 Å². The number of rotatable bonds is 1. The molecule has 86 valence electrons. The number of amides is 2. The first kappa shape index (κ1) is 16.2. The molecule has 0 spiro atoms. The lowest BCUT2D eigenvalue weighted by Gasteiger charge is -2.25. The molecule has 0 aliphatic carbocycles. The highest BCUT2D eigenvalue weighted by Crippen LogP contribution is 2.01. The summed E-state index contributed by atoms with van der Waals surface area (Å²) in [7, 11) is 3.52. The maximum atomic E-state index is 11.2. The summed E-state index contributed by atoms with van der Waals surface area (Å²) in [5.41, 5.74) is 0. The highest BCUT2D eigenvalue weighted by Gasteiger charge is 2.15. The van der Waals surface area contributed by atoms with Crippen LogP contribution in [0.1, 0.15) is 12.8 Å². The first-order valence-electron chi connectivity index (χ1n) is 4.38. The van der Waals surface area contributed by atoms with Crippen LogP contribution in [0.4, 0.5) is 4.79 Å². The number of piperidine rings is 1. The number of carbonyl (C=O) groups excluding carboxylic acids is 1. The average molecular weight is 244 g/mol. The van der Waals surface area contributed by atoms with Crippen molar-refractivity contribution in [3.8, 4) is 0 Å². The van der Waals surface area contributed by atoms with Crippen LogP contribution in [-0.2, 0) is 0 Å². The molecular weight excluding hydrogens is 225 g/mol. The number of hydrogen-bond donors (Lipinski definition) is 2. The second kappa shape index (κ2) is 8.15. The van der Waals surface area contributed by atoms with Crippen LogP contribution in [0.15, 0.2) is 0 Å². The van der Waals surface area contributed by atoms with Crippen LogP contribution in [0.5, 0.6) is 0 Å². The summed E-state index contributed by atoms with van der Waals surface area (Å²) in [5, 5.41) is 6.22. The van der Waals surface area contributed by atoms with E-state index in [0.717, 1.165) is 25.9 Å². The fourth-order valence-corrected chi connectivity index (χ4v) is 1.27. The molecule has 0 atom stereocenters. The van der Waals surface area contributed by atoms with E-state index in [9.17, 15) is 4.79 Å². The van der Waals surface area contributed by atoms with Gasteiger partial charge in [-0.3, -0.25) is 0 Å². The highest BCUT2D eigenvalue weighted by molar-refractivity contribution is 5.85. The zero-order valence-electron chi connectivity index (χ0n) is 8.58. The van der Waals surface area contributed by atoms with Gasteiger partial charge in [0.25, 0.3) is 0 Å². The Morgan fingerprint density at radius 2 is 1.79 bits per heavy atom. The Hall–Kier alpha value is -0.190. The number of nitrogens with zero attached hydrogens (tertiary/aromatic N) is 1. The van der Waals surface area contributed by atoms with Gasteiger partial charge in [-0.1, -0.05) is 0 Å². The van der Waals surface area contributed by atoms with Gasteiger partial charge in [-0.2, -0.15) is 0 Å². The topological polar surface area (TPSA) is 44.4 Å². The average Bonchev–Trinajstić information content (AvgIpc) is 2.06. The van der Waals surface area contributed by atoms with Crippen molar-refractivity contribution in [2.24, 2.45) is 0 Å². The molecule has 1 heterocycles. The van der Waals surface area contributed by atoms with E-state index < -0.39 is 0 Å². The van der Waals surface area contributed by atoms with E-state index in [4.69, 9.17) is 0 Å². The van der Waals surface area contributed by atoms with Gasteiger partial charge in [0.1, 0.15) is 0 Å². The van der Waals surface area contributed by atoms with Crippen molar-refractivity contribution < 1.29 is 4.79 Å². The molecular formula is C8H19Cl2N3O. The predicted molar refractivity (Wildman–Crippen MR) is 62.6 cm³/mol. The molecule has 1 aliphatic rings. The normalized spacial score (nSPS) is 16.1. The maximum Gasteiger partial charge on any atom is 0.317 e. The zero-order chi connectivity index (χ0) is 8.97. The van der Waals surface area contributed by atoms with Gasteiger partial charge in [-0.25, -0.2) is 4.79 Å². The number of hydrogen-bond acceptors (Lipinski definition) is 2. The van der Waals surface area contributed by atoms with Gasteiger partial charge < -0.3 is 15.5 Å². The van der Waals surface area contributed by atoms with Crippen molar-refractivity contribution in [3.63, 3.8) is 0 Å². The molecule has 14 heavy (non-hydrogen) atoms. The monoisotopic (exact) mass is 243 g/mol. The van der Waals surface area contributed by atoms with Gasteiger partial charge in [0.05, 0.1) is 0 Å². The quantitative estimate of drug-likeness (QED) is 0.718. The Balaban J connectivity index is 0. The third-order valence-electron chi connectivity index (χ3n) is 2.07. The Kier molecular flexibility index (Phi) is 9.45. The molecule has 0 unspecified atom stereocenters. The summed E-state index contributed by atoms with van der Waals surface area (Å²) >= 11 is 0. The highest BCUT2D eigenvalue weighted by atomic mass is 35.5. The number of halogens is 2. The number of urea groups is 1. The van der Waals surface area contributed by atoms with Crippen molar-refractivity contribution in [2.45, 2.75) is 18.9 Å². The van der Waals surface area contributed by atoms with E-state index in [-0.39, 0.29) is 30.8 Å². The van der Waals surface area contributed by atoms with Crippen molar-refractivity contribution >= 4 is 30.8 Å². The van der Waals surface area contributed by atoms with Crippen molar-refractivity contribution in [3.05, 3.63) is 0 Å². The van der Waals surface area contributed by atoms with Gasteiger partial charge in [0, 0.05) is 20.1 Å². The molecule has 1 aliphatic heterocycles. The minimum atomic E-state index is 0. The van der Waals surface area contributed by atoms with E-state index in [0.29, 0.717) is 6.04 Å². The summed E-state index contributed by atoms with van der Waals surface area (Å²) < 4.78 is 0. The molecule has 0 radical (unpaired) electrons. The standard InChI is InChI=1S/C8H17N3O.2ClH/c1-11(2)8(12)10-7-3-5-9-6-4-7;;/h7,9H,3-6H2,1-2H3,(H,10,12);2*1H. The van der Waals surface area contributed by atoms with Gasteiger partial charge in [0.15, 0.2) is 0 Å². The van der Waals surface area contributed by atoms with Crippen LogP contribution in [0.2, 0.25) is 0 Å². The SMILES string of the molecule is CN(C)C(=O)NC1CCNCC1.Cl.Cl. The smallest absolute Gasteiger partial charge is 0.317 e. The Labute approximate surface area is 97.6 Å². The lowest BCUT2D eigenvalue weighted by Crippen LogP contribution is -2.46. The first-order chi connectivity index (χ1) is 5.70. The molecule has 1 fully saturated rings. The van der Waals surface area contributed by atoms with Gasteiger partial charge in [-0.05, 0) is 25.9 Å². The van der Waals surface area contributed by atoms with E-state index in [2.05, 4.69) is 10.6 Å². The summed E-state index contributed by atoms with van der Waals surface area (Å²) in [5.74, 6) is 0. The van der Waals surface area contributed by atoms with Crippen LogP contribution in [0, 0.1) is 0 Å². The number of carbonyl (C=O) groups is 1. The van der Waals surface area contributed by atoms with E-state index in [1.807, 2.05) is 0 Å². The molecule has 0 aromatic rings. The molecule has 2 N–H and O–H groups in total. The van der Waals surface area contributed by atoms with Crippen LogP contribution < -0.4 is 10.6 Å². The molecule has 0 bridgehead atoms. The van der Waals surface area contributed by atoms with E-state index in [1.54, 1.807) is 19.0 Å². The molecule has 1 rings (SSSR count). The fraction of sp³-hybridized carbons (Fsp3) is 0.875. The Morgan fingerprint density at radius 3 is 2.21 bits per heavy atom. The lowest BCUT2D eigenvalue weighted by molar-refractivity contribution is 0.210.